The number of anilines is 3. The lowest BCUT2D eigenvalue weighted by molar-refractivity contribution is 0.102. The highest BCUT2D eigenvalue weighted by Gasteiger charge is 2.09. The third kappa shape index (κ3) is 5.27. The fraction of sp³-hybridized carbons (Fsp3) is 0.0800. The first-order valence-corrected chi connectivity index (χ1v) is 10.1. The lowest BCUT2D eigenvalue weighted by Crippen LogP contribution is -2.11. The van der Waals surface area contributed by atoms with E-state index in [4.69, 9.17) is 16.2 Å². The zero-order chi connectivity index (χ0) is 22.3. The molecular formula is C25H23N5O2. The van der Waals surface area contributed by atoms with Crippen molar-refractivity contribution in [2.24, 2.45) is 0 Å². The number of benzene rings is 3. The van der Waals surface area contributed by atoms with Gasteiger partial charge in [0.2, 0.25) is 0 Å². The Bertz CT molecular complexity index is 1190. The molecule has 7 nitrogen and oxygen atoms in total. The number of carbonyl (C=O) groups excluding carboxylic acids is 1. The molecule has 0 bridgehead atoms. The summed E-state index contributed by atoms with van der Waals surface area (Å²) in [6.45, 7) is 1.06. The summed E-state index contributed by atoms with van der Waals surface area (Å²) in [4.78, 5) is 20.8. The molecule has 0 aliphatic heterocycles. The Morgan fingerprint density at radius 2 is 1.47 bits per heavy atom. The molecule has 0 saturated carbocycles. The second-order valence-corrected chi connectivity index (χ2v) is 7.23. The molecular weight excluding hydrogens is 402 g/mol. The number of hydrogen-bond donors (Lipinski definition) is 3. The smallest absolute Gasteiger partial charge is 0.255 e. The van der Waals surface area contributed by atoms with E-state index in [1.54, 1.807) is 30.5 Å². The van der Waals surface area contributed by atoms with Gasteiger partial charge in [-0.05, 0) is 35.4 Å². The molecule has 4 aromatic rings. The van der Waals surface area contributed by atoms with E-state index in [2.05, 4.69) is 15.3 Å². The maximum Gasteiger partial charge on any atom is 0.255 e. The van der Waals surface area contributed by atoms with Gasteiger partial charge in [0.15, 0.2) is 11.6 Å². The van der Waals surface area contributed by atoms with Crippen LogP contribution in [0.2, 0.25) is 0 Å². The van der Waals surface area contributed by atoms with E-state index in [1.807, 2.05) is 54.6 Å². The molecule has 0 spiro atoms. The molecule has 160 valence electrons. The van der Waals surface area contributed by atoms with Crippen LogP contribution in [-0.2, 0) is 18.0 Å². The second kappa shape index (κ2) is 9.72. The molecule has 7 heteroatoms. The third-order valence-electron chi connectivity index (χ3n) is 4.86. The molecule has 5 N–H and O–H groups in total. The summed E-state index contributed by atoms with van der Waals surface area (Å²) in [6, 6.07) is 24.7. The Hall–Kier alpha value is -4.23. The average molecular weight is 425 g/mol. The number of nitrogens with zero attached hydrogens (tertiary/aromatic N) is 2. The van der Waals surface area contributed by atoms with Crippen LogP contribution in [0, 0.1) is 0 Å². The van der Waals surface area contributed by atoms with E-state index in [0.717, 1.165) is 16.7 Å². The van der Waals surface area contributed by atoms with Gasteiger partial charge in [-0.3, -0.25) is 4.79 Å². The number of ether oxygens (including phenoxy) is 1. The summed E-state index contributed by atoms with van der Waals surface area (Å²) >= 11 is 0. The number of amides is 1. The lowest BCUT2D eigenvalue weighted by atomic mass is 10.1. The zero-order valence-electron chi connectivity index (χ0n) is 17.4. The monoisotopic (exact) mass is 425 g/mol. The van der Waals surface area contributed by atoms with E-state index in [9.17, 15) is 4.79 Å². The van der Waals surface area contributed by atoms with Gasteiger partial charge in [0, 0.05) is 16.8 Å². The quantitative estimate of drug-likeness (QED) is 0.407. The van der Waals surface area contributed by atoms with Crippen LogP contribution in [0.25, 0.3) is 11.3 Å². The van der Waals surface area contributed by atoms with Crippen molar-refractivity contribution in [2.45, 2.75) is 13.2 Å². The molecule has 3 aromatic carbocycles. The van der Waals surface area contributed by atoms with Crippen molar-refractivity contribution < 1.29 is 9.53 Å². The molecule has 0 fully saturated rings. The fourth-order valence-corrected chi connectivity index (χ4v) is 3.09. The number of nitrogen functional groups attached to an aromatic ring is 2. The Morgan fingerprint density at radius 1 is 0.812 bits per heavy atom. The van der Waals surface area contributed by atoms with Gasteiger partial charge in [0.1, 0.15) is 0 Å². The summed E-state index contributed by atoms with van der Waals surface area (Å²) in [5, 5.41) is 2.90. The molecule has 0 saturated heterocycles. The van der Waals surface area contributed by atoms with E-state index in [0.29, 0.717) is 30.2 Å². The van der Waals surface area contributed by atoms with Crippen molar-refractivity contribution in [1.29, 1.82) is 0 Å². The van der Waals surface area contributed by atoms with Crippen LogP contribution in [0.15, 0.2) is 85.1 Å². The van der Waals surface area contributed by atoms with Gasteiger partial charge in [0.25, 0.3) is 5.91 Å². The Kier molecular flexibility index (Phi) is 6.38. The van der Waals surface area contributed by atoms with Gasteiger partial charge in [0.05, 0.1) is 25.1 Å². The molecule has 0 radical (unpaired) electrons. The van der Waals surface area contributed by atoms with Gasteiger partial charge in [-0.2, -0.15) is 0 Å². The summed E-state index contributed by atoms with van der Waals surface area (Å²) in [5.74, 6) is 0.171. The van der Waals surface area contributed by atoms with Crippen LogP contribution in [0.5, 0.6) is 0 Å². The third-order valence-corrected chi connectivity index (χ3v) is 4.86. The van der Waals surface area contributed by atoms with Gasteiger partial charge >= 0.3 is 0 Å². The van der Waals surface area contributed by atoms with E-state index < -0.39 is 0 Å². The number of nitrogens with one attached hydrogen (secondary N) is 1. The van der Waals surface area contributed by atoms with Crippen molar-refractivity contribution in [3.8, 4) is 11.3 Å². The fourth-order valence-electron chi connectivity index (χ4n) is 3.09. The number of rotatable bonds is 7. The second-order valence-electron chi connectivity index (χ2n) is 7.23. The topological polar surface area (TPSA) is 116 Å². The molecule has 1 heterocycles. The minimum atomic E-state index is -0.201. The predicted molar refractivity (Wildman–Crippen MR) is 126 cm³/mol. The molecule has 1 amide bonds. The largest absolute Gasteiger partial charge is 0.381 e. The molecule has 4 rings (SSSR count). The standard InChI is InChI=1S/C25H23N5O2/c26-23-24(27)30-22(14-28-23)19-8-10-20(11-9-19)25(31)29-21-12-6-18(7-13-21)16-32-15-17-4-2-1-3-5-17/h1-14H,15-16H2,(H2,26,28)(H2,27,30)(H,29,31). The van der Waals surface area contributed by atoms with Gasteiger partial charge in [-0.15, -0.1) is 0 Å². The van der Waals surface area contributed by atoms with Crippen molar-refractivity contribution >= 4 is 23.2 Å². The highest BCUT2D eigenvalue weighted by atomic mass is 16.5. The number of aromatic nitrogens is 2. The van der Waals surface area contributed by atoms with E-state index in [-0.39, 0.29) is 17.5 Å². The number of carbonyl (C=O) groups is 1. The Labute approximate surface area is 186 Å². The maximum absolute atomic E-state index is 12.6. The van der Waals surface area contributed by atoms with Crippen molar-refractivity contribution in [1.82, 2.24) is 9.97 Å². The first kappa shape index (κ1) is 21.0. The minimum Gasteiger partial charge on any atom is -0.381 e. The van der Waals surface area contributed by atoms with Crippen molar-refractivity contribution in [3.63, 3.8) is 0 Å². The van der Waals surface area contributed by atoms with E-state index in [1.165, 1.54) is 0 Å². The van der Waals surface area contributed by atoms with Gasteiger partial charge in [-0.25, -0.2) is 9.97 Å². The van der Waals surface area contributed by atoms with Crippen LogP contribution >= 0.6 is 0 Å². The van der Waals surface area contributed by atoms with E-state index >= 15 is 0 Å². The van der Waals surface area contributed by atoms with Gasteiger partial charge in [-0.1, -0.05) is 54.6 Å². The molecule has 32 heavy (non-hydrogen) atoms. The highest BCUT2D eigenvalue weighted by Crippen LogP contribution is 2.20. The van der Waals surface area contributed by atoms with Gasteiger partial charge < -0.3 is 21.5 Å². The first-order chi connectivity index (χ1) is 15.6. The molecule has 0 unspecified atom stereocenters. The number of nitrogens with two attached hydrogens (primary N) is 2. The Balaban J connectivity index is 1.32. The summed E-state index contributed by atoms with van der Waals surface area (Å²) < 4.78 is 5.75. The molecule has 0 aliphatic carbocycles. The van der Waals surface area contributed by atoms with Crippen LogP contribution in [0.3, 0.4) is 0 Å². The summed E-state index contributed by atoms with van der Waals surface area (Å²) in [6.07, 6.45) is 1.55. The maximum atomic E-state index is 12.6. The molecule has 0 aliphatic rings. The zero-order valence-corrected chi connectivity index (χ0v) is 17.4. The SMILES string of the molecule is Nc1ncc(-c2ccc(C(=O)Nc3ccc(COCc4ccccc4)cc3)cc2)nc1N. The first-order valence-electron chi connectivity index (χ1n) is 10.1. The average Bonchev–Trinajstić information content (AvgIpc) is 2.83. The molecule has 1 aromatic heterocycles. The van der Waals surface area contributed by atoms with Crippen molar-refractivity contribution in [2.75, 3.05) is 16.8 Å². The lowest BCUT2D eigenvalue weighted by Gasteiger charge is -2.08. The van der Waals surface area contributed by atoms with Crippen LogP contribution in [0.4, 0.5) is 17.3 Å². The van der Waals surface area contributed by atoms with Crippen molar-refractivity contribution in [3.05, 3.63) is 102 Å². The van der Waals surface area contributed by atoms with Crippen LogP contribution in [0.1, 0.15) is 21.5 Å². The predicted octanol–water partition coefficient (Wildman–Crippen LogP) is 4.28. The summed E-state index contributed by atoms with van der Waals surface area (Å²) in [7, 11) is 0. The minimum absolute atomic E-state index is 0.179. The molecule has 0 atom stereocenters. The normalized spacial score (nSPS) is 10.6. The highest BCUT2D eigenvalue weighted by molar-refractivity contribution is 6.04. The van der Waals surface area contributed by atoms with Crippen LogP contribution in [-0.4, -0.2) is 15.9 Å². The summed E-state index contributed by atoms with van der Waals surface area (Å²) in [5.41, 5.74) is 16.1. The number of hydrogen-bond acceptors (Lipinski definition) is 6. The van der Waals surface area contributed by atoms with Crippen LogP contribution < -0.4 is 16.8 Å². The Morgan fingerprint density at radius 3 is 2.12 bits per heavy atom.